The molecule has 1 saturated carbocycles. The molecular formula is C12H16O3. The molecule has 1 aromatic carbocycles. The van der Waals surface area contributed by atoms with Crippen molar-refractivity contribution in [2.75, 3.05) is 7.11 Å². The molecule has 2 N–H and O–H groups in total. The largest absolute Gasteiger partial charge is 0.504 e. The topological polar surface area (TPSA) is 49.7 Å². The summed E-state index contributed by atoms with van der Waals surface area (Å²) in [5.41, 5.74) is 1.93. The van der Waals surface area contributed by atoms with Crippen molar-refractivity contribution >= 4 is 0 Å². The van der Waals surface area contributed by atoms with Crippen LogP contribution in [0.5, 0.6) is 11.5 Å². The summed E-state index contributed by atoms with van der Waals surface area (Å²) >= 11 is 0. The van der Waals surface area contributed by atoms with Crippen molar-refractivity contribution in [3.8, 4) is 11.5 Å². The highest BCUT2D eigenvalue weighted by molar-refractivity contribution is 5.55. The van der Waals surface area contributed by atoms with Crippen LogP contribution in [0, 0.1) is 13.8 Å². The van der Waals surface area contributed by atoms with E-state index in [0.717, 1.165) is 29.5 Å². The smallest absolute Gasteiger partial charge is 0.161 e. The molecular weight excluding hydrogens is 192 g/mol. The summed E-state index contributed by atoms with van der Waals surface area (Å²) in [6.45, 7) is 3.75. The molecule has 0 amide bonds. The summed E-state index contributed by atoms with van der Waals surface area (Å²) in [5.74, 6) is 0.608. The van der Waals surface area contributed by atoms with E-state index in [1.807, 2.05) is 13.8 Å². The summed E-state index contributed by atoms with van der Waals surface area (Å²) < 4.78 is 5.08. The van der Waals surface area contributed by atoms with E-state index in [4.69, 9.17) is 4.74 Å². The molecule has 15 heavy (non-hydrogen) atoms. The van der Waals surface area contributed by atoms with Crippen molar-refractivity contribution in [2.24, 2.45) is 0 Å². The van der Waals surface area contributed by atoms with Gasteiger partial charge in [0, 0.05) is 0 Å². The molecule has 2 rings (SSSR count). The Balaban J connectivity index is 2.61. The quantitative estimate of drug-likeness (QED) is 0.781. The van der Waals surface area contributed by atoms with Crippen molar-refractivity contribution in [2.45, 2.75) is 32.3 Å². The fourth-order valence-electron chi connectivity index (χ4n) is 1.90. The zero-order valence-electron chi connectivity index (χ0n) is 9.29. The first-order valence-electron chi connectivity index (χ1n) is 5.09. The van der Waals surface area contributed by atoms with Gasteiger partial charge >= 0.3 is 0 Å². The SMILES string of the molecule is COc1cc(C2(O)CC2)c(C)c(C)c1O. The number of benzene rings is 1. The maximum Gasteiger partial charge on any atom is 0.161 e. The van der Waals surface area contributed by atoms with Crippen molar-refractivity contribution in [1.29, 1.82) is 0 Å². The van der Waals surface area contributed by atoms with Gasteiger partial charge < -0.3 is 14.9 Å². The summed E-state index contributed by atoms with van der Waals surface area (Å²) in [6, 6.07) is 1.74. The zero-order valence-corrected chi connectivity index (χ0v) is 9.29. The van der Waals surface area contributed by atoms with E-state index in [0.29, 0.717) is 5.75 Å². The van der Waals surface area contributed by atoms with Crippen LogP contribution in [-0.4, -0.2) is 17.3 Å². The maximum absolute atomic E-state index is 10.1. The van der Waals surface area contributed by atoms with Crippen molar-refractivity contribution in [3.63, 3.8) is 0 Å². The lowest BCUT2D eigenvalue weighted by Gasteiger charge is -2.17. The Kier molecular flexibility index (Phi) is 2.15. The number of aromatic hydroxyl groups is 1. The number of methoxy groups -OCH3 is 1. The van der Waals surface area contributed by atoms with Gasteiger partial charge in [0.2, 0.25) is 0 Å². The van der Waals surface area contributed by atoms with Crippen LogP contribution in [0.1, 0.15) is 29.5 Å². The van der Waals surface area contributed by atoms with Crippen LogP contribution in [0.25, 0.3) is 0 Å². The molecule has 0 saturated heterocycles. The molecule has 1 aliphatic carbocycles. The highest BCUT2D eigenvalue weighted by Crippen LogP contribution is 2.49. The normalized spacial score (nSPS) is 17.6. The molecule has 0 bridgehead atoms. The van der Waals surface area contributed by atoms with Gasteiger partial charge in [0.05, 0.1) is 12.7 Å². The molecule has 1 aliphatic rings. The molecule has 0 aromatic heterocycles. The first kappa shape index (κ1) is 10.3. The number of ether oxygens (including phenoxy) is 1. The lowest BCUT2D eigenvalue weighted by Crippen LogP contribution is -2.08. The van der Waals surface area contributed by atoms with Crippen LogP contribution in [0.15, 0.2) is 6.07 Å². The molecule has 0 spiro atoms. The molecule has 82 valence electrons. The molecule has 1 fully saturated rings. The number of phenolic OH excluding ortho intramolecular Hbond substituents is 1. The lowest BCUT2D eigenvalue weighted by atomic mass is 9.96. The van der Waals surface area contributed by atoms with Crippen LogP contribution in [0.4, 0.5) is 0 Å². The molecule has 0 radical (unpaired) electrons. The fraction of sp³-hybridized carbons (Fsp3) is 0.500. The van der Waals surface area contributed by atoms with E-state index in [9.17, 15) is 10.2 Å². The highest BCUT2D eigenvalue weighted by Gasteiger charge is 2.44. The second-order valence-electron chi connectivity index (χ2n) is 4.26. The molecule has 3 heteroatoms. The van der Waals surface area contributed by atoms with Crippen molar-refractivity contribution < 1.29 is 14.9 Å². The Morgan fingerprint density at radius 3 is 2.33 bits per heavy atom. The Morgan fingerprint density at radius 2 is 1.87 bits per heavy atom. The van der Waals surface area contributed by atoms with Crippen molar-refractivity contribution in [1.82, 2.24) is 0 Å². The summed E-state index contributed by atoms with van der Waals surface area (Å²) in [5, 5.41) is 19.9. The van der Waals surface area contributed by atoms with Gasteiger partial charge in [-0.25, -0.2) is 0 Å². The molecule has 3 nitrogen and oxygen atoms in total. The second kappa shape index (κ2) is 3.14. The third-order valence-electron chi connectivity index (χ3n) is 3.28. The van der Waals surface area contributed by atoms with Gasteiger partial charge in [-0.1, -0.05) is 0 Å². The van der Waals surface area contributed by atoms with Crippen LogP contribution in [-0.2, 0) is 5.60 Å². The monoisotopic (exact) mass is 208 g/mol. The fourth-order valence-corrected chi connectivity index (χ4v) is 1.90. The average Bonchev–Trinajstić information content (AvgIpc) is 2.94. The van der Waals surface area contributed by atoms with Crippen LogP contribution in [0.3, 0.4) is 0 Å². The Morgan fingerprint density at radius 1 is 1.27 bits per heavy atom. The summed E-state index contributed by atoms with van der Waals surface area (Å²) in [4.78, 5) is 0. The number of aliphatic hydroxyl groups is 1. The van der Waals surface area contributed by atoms with Gasteiger partial charge in [-0.3, -0.25) is 0 Å². The van der Waals surface area contributed by atoms with Crippen molar-refractivity contribution in [3.05, 3.63) is 22.8 Å². The number of hydrogen-bond donors (Lipinski definition) is 2. The summed E-state index contributed by atoms with van der Waals surface area (Å²) in [6.07, 6.45) is 1.59. The van der Waals surface area contributed by atoms with Crippen LogP contribution < -0.4 is 4.74 Å². The van der Waals surface area contributed by atoms with E-state index in [1.165, 1.54) is 7.11 Å². The maximum atomic E-state index is 10.1. The predicted octanol–water partition coefficient (Wildman–Crippen LogP) is 2.00. The number of rotatable bonds is 2. The summed E-state index contributed by atoms with van der Waals surface area (Å²) in [7, 11) is 1.52. The third-order valence-corrected chi connectivity index (χ3v) is 3.28. The number of phenols is 1. The van der Waals surface area contributed by atoms with Gasteiger partial charge in [-0.15, -0.1) is 0 Å². The lowest BCUT2D eigenvalue weighted by molar-refractivity contribution is 0.150. The molecule has 0 aliphatic heterocycles. The zero-order chi connectivity index (χ0) is 11.2. The van der Waals surface area contributed by atoms with Gasteiger partial charge in [-0.05, 0) is 49.4 Å². The van der Waals surface area contributed by atoms with Crippen LogP contribution >= 0.6 is 0 Å². The average molecular weight is 208 g/mol. The van der Waals surface area contributed by atoms with E-state index < -0.39 is 5.60 Å². The van der Waals surface area contributed by atoms with Gasteiger partial charge in [-0.2, -0.15) is 0 Å². The molecule has 0 atom stereocenters. The minimum atomic E-state index is -0.685. The van der Waals surface area contributed by atoms with E-state index in [2.05, 4.69) is 0 Å². The first-order chi connectivity index (χ1) is 6.99. The second-order valence-corrected chi connectivity index (χ2v) is 4.26. The minimum absolute atomic E-state index is 0.169. The molecule has 0 unspecified atom stereocenters. The van der Waals surface area contributed by atoms with E-state index in [1.54, 1.807) is 6.07 Å². The van der Waals surface area contributed by atoms with E-state index >= 15 is 0 Å². The Labute approximate surface area is 89.3 Å². The van der Waals surface area contributed by atoms with Gasteiger partial charge in [0.1, 0.15) is 0 Å². The first-order valence-corrected chi connectivity index (χ1v) is 5.09. The standard InChI is InChI=1S/C12H16O3/c1-7-8(2)11(13)10(15-3)6-9(7)12(14)4-5-12/h6,13-14H,4-5H2,1-3H3. The Hall–Kier alpha value is -1.22. The molecule has 0 heterocycles. The van der Waals surface area contributed by atoms with E-state index in [-0.39, 0.29) is 5.75 Å². The predicted molar refractivity (Wildman–Crippen MR) is 57.3 cm³/mol. The van der Waals surface area contributed by atoms with Gasteiger partial charge in [0.15, 0.2) is 11.5 Å². The number of hydrogen-bond acceptors (Lipinski definition) is 3. The minimum Gasteiger partial charge on any atom is -0.504 e. The Bertz CT molecular complexity index is 406. The highest BCUT2D eigenvalue weighted by atomic mass is 16.5. The molecule has 1 aromatic rings. The van der Waals surface area contributed by atoms with Crippen LogP contribution in [0.2, 0.25) is 0 Å². The van der Waals surface area contributed by atoms with Gasteiger partial charge in [0.25, 0.3) is 0 Å². The third kappa shape index (κ3) is 1.47.